The van der Waals surface area contributed by atoms with Crippen LogP contribution in [-0.4, -0.2) is 94.4 Å². The first-order valence-corrected chi connectivity index (χ1v) is 18.3. The Morgan fingerprint density at radius 2 is 1.67 bits per heavy atom. The first-order chi connectivity index (χ1) is 24.6. The molecule has 0 spiro atoms. The van der Waals surface area contributed by atoms with Crippen LogP contribution in [0.4, 0.5) is 14.5 Å². The number of rotatable bonds is 5. The molecule has 2 atom stereocenters. The van der Waals surface area contributed by atoms with Crippen LogP contribution in [0, 0.1) is 17.3 Å². The quantitative estimate of drug-likeness (QED) is 0.240. The lowest BCUT2D eigenvalue weighted by atomic mass is 9.87. The molecule has 3 aliphatic heterocycles. The zero-order valence-electron chi connectivity index (χ0n) is 29.0. The summed E-state index contributed by atoms with van der Waals surface area (Å²) in [5.74, 6) is -2.75. The minimum absolute atomic E-state index is 0.0628. The van der Waals surface area contributed by atoms with Gasteiger partial charge in [-0.15, -0.1) is 0 Å². The van der Waals surface area contributed by atoms with E-state index in [2.05, 4.69) is 60.6 Å². The number of halogens is 2. The van der Waals surface area contributed by atoms with Gasteiger partial charge in [-0.05, 0) is 68.0 Å². The SMILES string of the molecule is CC12Cc3[nH]nc(-c4cc5cc(C(=O)N6CCN(CC7CCN(c8ccccc8)CC7)CC6)ccc5[nH]4)c3CC1C2(F)F.O=C1CCCC(=O)N1. The summed E-state index contributed by atoms with van der Waals surface area (Å²) in [5.41, 5.74) is 5.17. The molecule has 3 N–H and O–H groups in total. The summed E-state index contributed by atoms with van der Waals surface area (Å²) < 4.78 is 28.8. The van der Waals surface area contributed by atoms with Gasteiger partial charge in [-0.2, -0.15) is 5.10 Å². The standard InChI is InChI=1S/C34H38F2N6O.C5H7NO2/c1-33-20-29-26(19-30(33)34(33,35)36)31(39-38-29)28-18-24-17-23(7-8-27(24)37-28)32(43)42-15-13-40(14-16-42)21-22-9-11-41(12-10-22)25-5-3-2-4-6-25;7-4-2-1-3-5(8)6-4/h2-8,17-18,22,30,37H,9-16,19-21H2,1H3,(H,38,39);1-3H2,(H,6,7,8). The smallest absolute Gasteiger partial charge is 0.258 e. The number of amides is 3. The fourth-order valence-electron chi connectivity index (χ4n) is 8.61. The van der Waals surface area contributed by atoms with Gasteiger partial charge >= 0.3 is 0 Å². The number of H-pyrrole nitrogens is 2. The molecule has 3 amide bonds. The number of para-hydroxylation sites is 1. The molecule has 268 valence electrons. The van der Waals surface area contributed by atoms with Gasteiger partial charge in [0.25, 0.3) is 11.8 Å². The molecule has 2 aliphatic carbocycles. The van der Waals surface area contributed by atoms with E-state index >= 15 is 0 Å². The monoisotopic (exact) mass is 697 g/mol. The summed E-state index contributed by atoms with van der Waals surface area (Å²) >= 11 is 0. The topological polar surface area (TPSA) is 117 Å². The summed E-state index contributed by atoms with van der Waals surface area (Å²) in [4.78, 5) is 44.5. The van der Waals surface area contributed by atoms with Crippen LogP contribution in [0.1, 0.15) is 60.6 Å². The molecule has 4 fully saturated rings. The lowest BCUT2D eigenvalue weighted by Crippen LogP contribution is -2.50. The van der Waals surface area contributed by atoms with Gasteiger partial charge in [0, 0.05) is 110 Å². The summed E-state index contributed by atoms with van der Waals surface area (Å²) in [7, 11) is 0. The lowest BCUT2D eigenvalue weighted by molar-refractivity contribution is -0.132. The van der Waals surface area contributed by atoms with E-state index in [1.165, 1.54) is 18.5 Å². The van der Waals surface area contributed by atoms with Crippen molar-refractivity contribution in [3.63, 3.8) is 0 Å². The Bertz CT molecular complexity index is 1930. The summed E-state index contributed by atoms with van der Waals surface area (Å²) in [6.07, 6.45) is 4.80. The molecule has 3 saturated heterocycles. The van der Waals surface area contributed by atoms with E-state index in [0.29, 0.717) is 49.3 Å². The molecule has 1 saturated carbocycles. The fourth-order valence-corrected chi connectivity index (χ4v) is 8.61. The molecule has 2 aromatic carbocycles. The van der Waals surface area contributed by atoms with Crippen molar-refractivity contribution in [2.24, 2.45) is 17.3 Å². The van der Waals surface area contributed by atoms with E-state index in [0.717, 1.165) is 73.7 Å². The largest absolute Gasteiger partial charge is 0.372 e. The molecule has 12 heteroatoms. The third kappa shape index (κ3) is 6.43. The highest BCUT2D eigenvalue weighted by Gasteiger charge is 2.78. The Balaban J connectivity index is 0.000000415. The summed E-state index contributed by atoms with van der Waals surface area (Å²) in [5, 5.41) is 10.7. The Kier molecular flexibility index (Phi) is 8.68. The first kappa shape index (κ1) is 33.6. The molecule has 4 aromatic rings. The van der Waals surface area contributed by atoms with Crippen molar-refractivity contribution in [3.05, 3.63) is 71.4 Å². The van der Waals surface area contributed by atoms with E-state index in [9.17, 15) is 23.2 Å². The maximum atomic E-state index is 14.4. The van der Waals surface area contributed by atoms with Gasteiger partial charge in [-0.25, -0.2) is 8.78 Å². The Morgan fingerprint density at radius 1 is 0.941 bits per heavy atom. The van der Waals surface area contributed by atoms with E-state index in [1.54, 1.807) is 6.92 Å². The highest BCUT2D eigenvalue weighted by atomic mass is 19.3. The molecule has 0 radical (unpaired) electrons. The molecular weight excluding hydrogens is 652 g/mol. The third-order valence-corrected chi connectivity index (χ3v) is 11.9. The van der Waals surface area contributed by atoms with Crippen LogP contribution in [-0.2, 0) is 22.4 Å². The van der Waals surface area contributed by atoms with Gasteiger partial charge in [0.15, 0.2) is 0 Å². The normalized spacial score (nSPS) is 24.7. The van der Waals surface area contributed by atoms with Crippen molar-refractivity contribution in [2.75, 3.05) is 50.7 Å². The van der Waals surface area contributed by atoms with Crippen molar-refractivity contribution in [1.82, 2.24) is 30.3 Å². The molecule has 2 aromatic heterocycles. The molecule has 51 heavy (non-hydrogen) atoms. The van der Waals surface area contributed by atoms with Crippen molar-refractivity contribution < 1.29 is 23.2 Å². The van der Waals surface area contributed by atoms with Gasteiger partial charge < -0.3 is 14.8 Å². The molecule has 0 bridgehead atoms. The number of nitrogens with one attached hydrogen (secondary N) is 3. The second kappa shape index (κ2) is 13.2. The summed E-state index contributed by atoms with van der Waals surface area (Å²) in [6.45, 7) is 8.29. The number of carbonyl (C=O) groups excluding carboxylic acids is 3. The second-order valence-corrected chi connectivity index (χ2v) is 15.2. The predicted octanol–water partition coefficient (Wildman–Crippen LogP) is 5.42. The fraction of sp³-hybridized carbons (Fsp3) is 0.487. The minimum Gasteiger partial charge on any atom is -0.372 e. The predicted molar refractivity (Wildman–Crippen MR) is 191 cm³/mol. The highest BCUT2D eigenvalue weighted by Crippen LogP contribution is 2.70. The van der Waals surface area contributed by atoms with Gasteiger partial charge in [0.1, 0.15) is 5.69 Å². The van der Waals surface area contributed by atoms with Crippen LogP contribution in [0.2, 0.25) is 0 Å². The van der Waals surface area contributed by atoms with E-state index < -0.39 is 17.3 Å². The van der Waals surface area contributed by atoms with E-state index in [4.69, 9.17) is 0 Å². The third-order valence-electron chi connectivity index (χ3n) is 11.9. The number of anilines is 1. The van der Waals surface area contributed by atoms with Gasteiger partial charge in [0.2, 0.25) is 11.8 Å². The number of imide groups is 1. The van der Waals surface area contributed by atoms with Crippen molar-refractivity contribution in [3.8, 4) is 11.4 Å². The number of piperazine rings is 1. The first-order valence-electron chi connectivity index (χ1n) is 18.3. The number of aromatic nitrogens is 3. The molecule has 2 unspecified atom stereocenters. The van der Waals surface area contributed by atoms with E-state index in [1.807, 2.05) is 29.2 Å². The average Bonchev–Trinajstić information content (AvgIpc) is 3.52. The number of benzene rings is 2. The van der Waals surface area contributed by atoms with Gasteiger partial charge in [-0.1, -0.05) is 25.1 Å². The molecule has 10 nitrogen and oxygen atoms in total. The van der Waals surface area contributed by atoms with Gasteiger partial charge in [0.05, 0.1) is 5.69 Å². The zero-order valence-corrected chi connectivity index (χ0v) is 29.0. The molecule has 5 aliphatic rings. The maximum Gasteiger partial charge on any atom is 0.258 e. The lowest BCUT2D eigenvalue weighted by Gasteiger charge is -2.39. The van der Waals surface area contributed by atoms with Crippen molar-refractivity contribution in [2.45, 2.75) is 57.8 Å². The van der Waals surface area contributed by atoms with Gasteiger partial charge in [-0.3, -0.25) is 29.7 Å². The number of carbonyl (C=O) groups is 3. The van der Waals surface area contributed by atoms with Crippen LogP contribution in [0.3, 0.4) is 0 Å². The van der Waals surface area contributed by atoms with Crippen molar-refractivity contribution in [1.29, 1.82) is 0 Å². The highest BCUT2D eigenvalue weighted by molar-refractivity contribution is 5.99. The average molecular weight is 698 g/mol. The van der Waals surface area contributed by atoms with Crippen LogP contribution in [0.5, 0.6) is 0 Å². The second-order valence-electron chi connectivity index (χ2n) is 15.2. The number of alkyl halides is 2. The Morgan fingerprint density at radius 3 is 2.35 bits per heavy atom. The van der Waals surface area contributed by atoms with Crippen molar-refractivity contribution >= 4 is 34.3 Å². The van der Waals surface area contributed by atoms with Crippen LogP contribution >= 0.6 is 0 Å². The van der Waals surface area contributed by atoms with Crippen LogP contribution < -0.4 is 10.2 Å². The Labute approximate surface area is 295 Å². The number of hydrogen-bond donors (Lipinski definition) is 3. The number of piperidine rings is 2. The summed E-state index contributed by atoms with van der Waals surface area (Å²) in [6, 6.07) is 18.4. The number of fused-ring (bicyclic) bond motifs is 3. The zero-order chi connectivity index (χ0) is 35.3. The number of aromatic amines is 2. The number of hydrogen-bond acceptors (Lipinski definition) is 6. The Hall–Kier alpha value is -4.58. The molecule has 5 heterocycles. The number of nitrogens with zero attached hydrogens (tertiary/aromatic N) is 4. The minimum atomic E-state index is -2.62. The van der Waals surface area contributed by atoms with Crippen LogP contribution in [0.15, 0.2) is 54.6 Å². The van der Waals surface area contributed by atoms with Crippen LogP contribution in [0.25, 0.3) is 22.3 Å². The van der Waals surface area contributed by atoms with E-state index in [-0.39, 0.29) is 17.7 Å². The molecular formula is C39H45F2N7O3. The maximum absolute atomic E-state index is 14.4. The molecule has 9 rings (SSSR count).